The lowest BCUT2D eigenvalue weighted by Gasteiger charge is -2.27. The average Bonchev–Trinajstić information content (AvgIpc) is 2.99. The molecular weight excluding hydrogens is 398 g/mol. The minimum atomic E-state index is -1.18. The Balaban J connectivity index is 1.85. The number of nitrogens with zero attached hydrogens (tertiary/aromatic N) is 1. The van der Waals surface area contributed by atoms with Crippen LogP contribution < -0.4 is 0 Å². The summed E-state index contributed by atoms with van der Waals surface area (Å²) in [5.41, 5.74) is 1.25. The first-order chi connectivity index (χ1) is 14.8. The number of carboxylic acid groups (broad SMARTS) is 1. The molecule has 0 aliphatic carbocycles. The van der Waals surface area contributed by atoms with E-state index in [0.717, 1.165) is 10.5 Å². The Bertz CT molecular complexity index is 950. The molecule has 31 heavy (non-hydrogen) atoms. The van der Waals surface area contributed by atoms with E-state index < -0.39 is 35.6 Å². The number of hydrogen-bond acceptors (Lipinski definition) is 5. The number of carbonyl (C=O) groups is 4. The van der Waals surface area contributed by atoms with Gasteiger partial charge in [-0.2, -0.15) is 0 Å². The second-order valence-corrected chi connectivity index (χ2v) is 8.04. The molecule has 0 saturated carbocycles. The number of fused-ring (bicyclic) bond motifs is 1. The summed E-state index contributed by atoms with van der Waals surface area (Å²) >= 11 is 0. The van der Waals surface area contributed by atoms with Gasteiger partial charge in [-0.05, 0) is 30.0 Å². The fraction of sp³-hybridized carbons (Fsp3) is 0.333. The normalized spacial score (nSPS) is 15.0. The highest BCUT2D eigenvalue weighted by atomic mass is 16.5. The van der Waals surface area contributed by atoms with Crippen molar-refractivity contribution in [1.29, 1.82) is 0 Å². The zero-order valence-electron chi connectivity index (χ0n) is 17.5. The molecule has 1 N–H and O–H groups in total. The van der Waals surface area contributed by atoms with Crippen LogP contribution in [0.1, 0.15) is 46.5 Å². The summed E-state index contributed by atoms with van der Waals surface area (Å²) in [5.74, 6) is -5.24. The number of imide groups is 1. The van der Waals surface area contributed by atoms with Crippen molar-refractivity contribution < 1.29 is 29.0 Å². The number of amides is 2. The van der Waals surface area contributed by atoms with Crippen molar-refractivity contribution in [2.24, 2.45) is 17.8 Å². The number of esters is 1. The Morgan fingerprint density at radius 3 is 1.97 bits per heavy atom. The van der Waals surface area contributed by atoms with E-state index in [-0.39, 0.29) is 36.6 Å². The molecule has 0 fully saturated rings. The van der Waals surface area contributed by atoms with E-state index in [1.54, 1.807) is 48.5 Å². The minimum Gasteiger partial charge on any atom is -0.481 e. The third-order valence-corrected chi connectivity index (χ3v) is 5.31. The zero-order chi connectivity index (χ0) is 22.5. The van der Waals surface area contributed by atoms with Gasteiger partial charge in [-0.3, -0.25) is 24.1 Å². The Hall–Kier alpha value is -3.48. The molecular formula is C24H25NO6. The SMILES string of the molecule is CC(C)CC(C(=O)O)[C@H](CN1C(=O)c2ccccc2C1=O)C(=O)OCc1ccccc1. The third kappa shape index (κ3) is 4.99. The molecule has 1 aliphatic rings. The fourth-order valence-electron chi connectivity index (χ4n) is 3.75. The first kappa shape index (κ1) is 22.2. The lowest BCUT2D eigenvalue weighted by atomic mass is 9.85. The summed E-state index contributed by atoms with van der Waals surface area (Å²) in [5, 5.41) is 9.81. The molecule has 0 aromatic heterocycles. The molecule has 1 aliphatic heterocycles. The predicted molar refractivity (Wildman–Crippen MR) is 112 cm³/mol. The average molecular weight is 423 g/mol. The van der Waals surface area contributed by atoms with Gasteiger partial charge < -0.3 is 9.84 Å². The molecule has 2 aromatic rings. The van der Waals surface area contributed by atoms with Crippen molar-refractivity contribution in [3.8, 4) is 0 Å². The molecule has 2 aromatic carbocycles. The van der Waals surface area contributed by atoms with Crippen LogP contribution in [-0.2, 0) is 20.9 Å². The van der Waals surface area contributed by atoms with E-state index >= 15 is 0 Å². The maximum atomic E-state index is 13.0. The summed E-state index contributed by atoms with van der Waals surface area (Å²) in [6, 6.07) is 15.4. The molecule has 0 saturated heterocycles. The van der Waals surface area contributed by atoms with Crippen LogP contribution in [0.5, 0.6) is 0 Å². The second kappa shape index (κ2) is 9.55. The standard InChI is InChI=1S/C24H25NO6/c1-15(2)12-19(23(28)29)20(24(30)31-14-16-8-4-3-5-9-16)13-25-21(26)17-10-6-7-11-18(17)22(25)27/h3-11,15,19-20H,12-14H2,1-2H3,(H,28,29)/t19?,20-/m0/s1. The Kier molecular flexibility index (Phi) is 6.84. The summed E-state index contributed by atoms with van der Waals surface area (Å²) in [6.45, 7) is 3.34. The summed E-state index contributed by atoms with van der Waals surface area (Å²) in [6.07, 6.45) is 0.212. The number of carbonyl (C=O) groups excluding carboxylic acids is 3. The van der Waals surface area contributed by atoms with Gasteiger partial charge in [-0.1, -0.05) is 56.3 Å². The number of ether oxygens (including phenoxy) is 1. The van der Waals surface area contributed by atoms with Crippen LogP contribution in [0.4, 0.5) is 0 Å². The summed E-state index contributed by atoms with van der Waals surface area (Å²) in [4.78, 5) is 51.5. The van der Waals surface area contributed by atoms with Crippen molar-refractivity contribution in [1.82, 2.24) is 4.90 Å². The first-order valence-corrected chi connectivity index (χ1v) is 10.2. The first-order valence-electron chi connectivity index (χ1n) is 10.2. The quantitative estimate of drug-likeness (QED) is 0.490. The van der Waals surface area contributed by atoms with Crippen LogP contribution >= 0.6 is 0 Å². The molecule has 1 heterocycles. The van der Waals surface area contributed by atoms with Crippen molar-refractivity contribution >= 4 is 23.8 Å². The Labute approximate surface area is 180 Å². The lowest BCUT2D eigenvalue weighted by molar-refractivity contribution is -0.159. The highest BCUT2D eigenvalue weighted by Gasteiger charge is 2.42. The number of benzene rings is 2. The molecule has 1 unspecified atom stereocenters. The monoisotopic (exact) mass is 423 g/mol. The smallest absolute Gasteiger partial charge is 0.311 e. The van der Waals surface area contributed by atoms with Crippen molar-refractivity contribution in [2.75, 3.05) is 6.54 Å². The van der Waals surface area contributed by atoms with E-state index in [1.807, 2.05) is 19.9 Å². The topological polar surface area (TPSA) is 101 Å². The van der Waals surface area contributed by atoms with Gasteiger partial charge in [0.1, 0.15) is 6.61 Å². The third-order valence-electron chi connectivity index (χ3n) is 5.31. The molecule has 2 atom stereocenters. The van der Waals surface area contributed by atoms with Gasteiger partial charge in [-0.15, -0.1) is 0 Å². The van der Waals surface area contributed by atoms with E-state index in [9.17, 15) is 24.3 Å². The molecule has 3 rings (SSSR count). The van der Waals surface area contributed by atoms with E-state index in [0.29, 0.717) is 0 Å². The maximum absolute atomic E-state index is 13.0. The van der Waals surface area contributed by atoms with Crippen LogP contribution in [0.15, 0.2) is 54.6 Å². The van der Waals surface area contributed by atoms with Crippen LogP contribution in [0.25, 0.3) is 0 Å². The van der Waals surface area contributed by atoms with Gasteiger partial charge in [0.2, 0.25) is 0 Å². The predicted octanol–water partition coefficient (Wildman–Crippen LogP) is 3.39. The lowest BCUT2D eigenvalue weighted by Crippen LogP contribution is -2.43. The summed E-state index contributed by atoms with van der Waals surface area (Å²) in [7, 11) is 0. The highest BCUT2D eigenvalue weighted by molar-refractivity contribution is 6.21. The molecule has 0 radical (unpaired) electrons. The molecule has 7 heteroatoms. The van der Waals surface area contributed by atoms with Crippen LogP contribution in [0.2, 0.25) is 0 Å². The van der Waals surface area contributed by atoms with Gasteiger partial charge in [0.05, 0.1) is 23.0 Å². The molecule has 0 bridgehead atoms. The Morgan fingerprint density at radius 1 is 0.903 bits per heavy atom. The van der Waals surface area contributed by atoms with Gasteiger partial charge in [0.15, 0.2) is 0 Å². The highest BCUT2D eigenvalue weighted by Crippen LogP contribution is 2.29. The number of aliphatic carboxylic acids is 1. The van der Waals surface area contributed by atoms with Crippen molar-refractivity contribution in [3.05, 3.63) is 71.3 Å². The van der Waals surface area contributed by atoms with E-state index in [1.165, 1.54) is 0 Å². The fourth-order valence-corrected chi connectivity index (χ4v) is 3.75. The van der Waals surface area contributed by atoms with E-state index in [2.05, 4.69) is 0 Å². The van der Waals surface area contributed by atoms with Crippen LogP contribution in [-0.4, -0.2) is 40.3 Å². The van der Waals surface area contributed by atoms with E-state index in [4.69, 9.17) is 4.74 Å². The maximum Gasteiger partial charge on any atom is 0.311 e. The summed E-state index contributed by atoms with van der Waals surface area (Å²) < 4.78 is 5.41. The van der Waals surface area contributed by atoms with Crippen molar-refractivity contribution in [3.63, 3.8) is 0 Å². The number of carboxylic acids is 1. The van der Waals surface area contributed by atoms with Gasteiger partial charge in [0.25, 0.3) is 11.8 Å². The zero-order valence-corrected chi connectivity index (χ0v) is 17.5. The molecule has 0 spiro atoms. The molecule has 162 valence electrons. The number of hydrogen-bond donors (Lipinski definition) is 1. The molecule has 2 amide bonds. The van der Waals surface area contributed by atoms with Crippen LogP contribution in [0, 0.1) is 17.8 Å². The Morgan fingerprint density at radius 2 is 1.45 bits per heavy atom. The van der Waals surface area contributed by atoms with Crippen LogP contribution in [0.3, 0.4) is 0 Å². The molecule has 7 nitrogen and oxygen atoms in total. The van der Waals surface area contributed by atoms with Gasteiger partial charge in [0, 0.05) is 6.54 Å². The van der Waals surface area contributed by atoms with Gasteiger partial charge >= 0.3 is 11.9 Å². The van der Waals surface area contributed by atoms with Crippen molar-refractivity contribution in [2.45, 2.75) is 26.9 Å². The number of rotatable bonds is 9. The largest absolute Gasteiger partial charge is 0.481 e. The van der Waals surface area contributed by atoms with Gasteiger partial charge in [-0.25, -0.2) is 0 Å². The minimum absolute atomic E-state index is 0.00676. The second-order valence-electron chi connectivity index (χ2n) is 8.04.